The Labute approximate surface area is 118 Å². The van der Waals surface area contributed by atoms with Gasteiger partial charge in [0, 0.05) is 5.56 Å². The van der Waals surface area contributed by atoms with Crippen molar-refractivity contribution < 1.29 is 9.15 Å². The fourth-order valence-electron chi connectivity index (χ4n) is 2.63. The number of hydrogen-bond acceptors (Lipinski definition) is 5. The van der Waals surface area contributed by atoms with Gasteiger partial charge in [0.25, 0.3) is 0 Å². The second-order valence-corrected chi connectivity index (χ2v) is 4.96. The van der Waals surface area contributed by atoms with E-state index in [0.717, 1.165) is 24.2 Å². The van der Waals surface area contributed by atoms with Gasteiger partial charge in [0.2, 0.25) is 11.8 Å². The maximum absolute atomic E-state index is 5.88. The first-order chi connectivity index (χ1) is 9.83. The monoisotopic (exact) mass is 273 g/mol. The highest BCUT2D eigenvalue weighted by Gasteiger charge is 2.28. The minimum absolute atomic E-state index is 0.117. The molecule has 0 saturated heterocycles. The van der Waals surface area contributed by atoms with Crippen LogP contribution in [0.3, 0.4) is 0 Å². The Morgan fingerprint density at radius 3 is 3.00 bits per heavy atom. The van der Waals surface area contributed by atoms with Crippen LogP contribution in [0.2, 0.25) is 0 Å². The minimum Gasteiger partial charge on any atom is -0.493 e. The SMILES string of the molecule is CCC(NC)c1nnc(C2CCOc3ccccc32)o1. The van der Waals surface area contributed by atoms with Gasteiger partial charge in [-0.25, -0.2) is 0 Å². The molecule has 3 rings (SSSR count). The van der Waals surface area contributed by atoms with Crippen LogP contribution >= 0.6 is 0 Å². The van der Waals surface area contributed by atoms with Crippen molar-refractivity contribution in [2.45, 2.75) is 31.7 Å². The fraction of sp³-hybridized carbons (Fsp3) is 0.467. The number of para-hydroxylation sites is 1. The van der Waals surface area contributed by atoms with Gasteiger partial charge in [-0.05, 0) is 26.0 Å². The van der Waals surface area contributed by atoms with Gasteiger partial charge in [0.1, 0.15) is 5.75 Å². The topological polar surface area (TPSA) is 60.2 Å². The number of aromatic nitrogens is 2. The van der Waals surface area contributed by atoms with E-state index in [-0.39, 0.29) is 12.0 Å². The predicted molar refractivity (Wildman–Crippen MR) is 74.8 cm³/mol. The summed E-state index contributed by atoms with van der Waals surface area (Å²) >= 11 is 0. The molecule has 2 unspecified atom stereocenters. The second-order valence-electron chi connectivity index (χ2n) is 4.96. The number of rotatable bonds is 4. The second kappa shape index (κ2) is 5.63. The molecule has 1 aliphatic rings. The average molecular weight is 273 g/mol. The fourth-order valence-corrected chi connectivity index (χ4v) is 2.63. The average Bonchev–Trinajstić information content (AvgIpc) is 2.97. The lowest BCUT2D eigenvalue weighted by Gasteiger charge is -2.23. The molecule has 0 bridgehead atoms. The first-order valence-corrected chi connectivity index (χ1v) is 7.05. The molecular weight excluding hydrogens is 254 g/mol. The van der Waals surface area contributed by atoms with Crippen molar-refractivity contribution in [2.75, 3.05) is 13.7 Å². The molecule has 5 heteroatoms. The van der Waals surface area contributed by atoms with Crippen molar-refractivity contribution in [3.8, 4) is 5.75 Å². The Balaban J connectivity index is 1.91. The molecule has 106 valence electrons. The van der Waals surface area contributed by atoms with Gasteiger partial charge in [0.15, 0.2) is 0 Å². The van der Waals surface area contributed by atoms with Crippen LogP contribution in [-0.2, 0) is 0 Å². The number of nitrogens with zero attached hydrogens (tertiary/aromatic N) is 2. The largest absolute Gasteiger partial charge is 0.493 e. The van der Waals surface area contributed by atoms with Gasteiger partial charge in [-0.2, -0.15) is 0 Å². The molecule has 0 saturated carbocycles. The molecule has 1 aliphatic heterocycles. The number of nitrogens with one attached hydrogen (secondary N) is 1. The predicted octanol–water partition coefficient (Wildman–Crippen LogP) is 2.65. The summed E-state index contributed by atoms with van der Waals surface area (Å²) in [5.41, 5.74) is 1.13. The molecule has 2 heterocycles. The molecule has 2 atom stereocenters. The molecular formula is C15H19N3O2. The first kappa shape index (κ1) is 13.1. The van der Waals surface area contributed by atoms with Crippen molar-refractivity contribution in [1.82, 2.24) is 15.5 Å². The van der Waals surface area contributed by atoms with Crippen molar-refractivity contribution >= 4 is 0 Å². The molecule has 5 nitrogen and oxygen atoms in total. The Morgan fingerprint density at radius 2 is 2.20 bits per heavy atom. The van der Waals surface area contributed by atoms with E-state index in [1.54, 1.807) is 0 Å². The molecule has 20 heavy (non-hydrogen) atoms. The minimum atomic E-state index is 0.117. The summed E-state index contributed by atoms with van der Waals surface area (Å²) in [5.74, 6) is 2.40. The summed E-state index contributed by atoms with van der Waals surface area (Å²) in [7, 11) is 1.90. The van der Waals surface area contributed by atoms with Crippen LogP contribution in [0, 0.1) is 0 Å². The zero-order valence-corrected chi connectivity index (χ0v) is 11.8. The van der Waals surface area contributed by atoms with E-state index in [0.29, 0.717) is 18.4 Å². The highest BCUT2D eigenvalue weighted by Crippen LogP contribution is 2.37. The molecule has 1 N–H and O–H groups in total. The number of benzene rings is 1. The van der Waals surface area contributed by atoms with Gasteiger partial charge in [0.05, 0.1) is 18.6 Å². The summed E-state index contributed by atoms with van der Waals surface area (Å²) in [4.78, 5) is 0. The quantitative estimate of drug-likeness (QED) is 0.928. The molecule has 0 radical (unpaired) electrons. The first-order valence-electron chi connectivity index (χ1n) is 7.05. The zero-order valence-electron chi connectivity index (χ0n) is 11.8. The highest BCUT2D eigenvalue weighted by molar-refractivity contribution is 5.40. The summed E-state index contributed by atoms with van der Waals surface area (Å²) in [5, 5.41) is 11.6. The van der Waals surface area contributed by atoms with E-state index in [9.17, 15) is 0 Å². The lowest BCUT2D eigenvalue weighted by Crippen LogP contribution is -2.16. The Hall–Kier alpha value is -1.88. The number of ether oxygens (including phenoxy) is 1. The Kier molecular flexibility index (Phi) is 3.69. The van der Waals surface area contributed by atoms with Crippen LogP contribution in [0.1, 0.15) is 49.1 Å². The third-order valence-corrected chi connectivity index (χ3v) is 3.77. The van der Waals surface area contributed by atoms with E-state index < -0.39 is 0 Å². The standard InChI is InChI=1S/C15H19N3O2/c1-3-12(16-2)15-18-17-14(20-15)11-8-9-19-13-7-5-4-6-10(11)13/h4-7,11-12,16H,3,8-9H2,1-2H3. The van der Waals surface area contributed by atoms with E-state index in [2.05, 4.69) is 28.5 Å². The maximum atomic E-state index is 5.88. The van der Waals surface area contributed by atoms with Gasteiger partial charge in [-0.15, -0.1) is 10.2 Å². The van der Waals surface area contributed by atoms with Crippen LogP contribution in [0.5, 0.6) is 5.75 Å². The summed E-state index contributed by atoms with van der Waals surface area (Å²) in [6.45, 7) is 2.78. The molecule has 0 fully saturated rings. The molecule has 2 aromatic rings. The Bertz CT molecular complexity index is 578. The summed E-state index contributed by atoms with van der Waals surface area (Å²) < 4.78 is 11.6. The lowest BCUT2D eigenvalue weighted by molar-refractivity contribution is 0.261. The smallest absolute Gasteiger partial charge is 0.233 e. The number of fused-ring (bicyclic) bond motifs is 1. The van der Waals surface area contributed by atoms with Gasteiger partial charge in [-0.3, -0.25) is 0 Å². The molecule has 1 aromatic carbocycles. The van der Waals surface area contributed by atoms with Crippen molar-refractivity contribution in [3.05, 3.63) is 41.6 Å². The Morgan fingerprint density at radius 1 is 1.35 bits per heavy atom. The number of hydrogen-bond donors (Lipinski definition) is 1. The maximum Gasteiger partial charge on any atom is 0.233 e. The zero-order chi connectivity index (χ0) is 13.9. The van der Waals surface area contributed by atoms with Gasteiger partial charge in [-0.1, -0.05) is 25.1 Å². The van der Waals surface area contributed by atoms with E-state index in [1.165, 1.54) is 0 Å². The molecule has 0 amide bonds. The van der Waals surface area contributed by atoms with E-state index in [4.69, 9.17) is 9.15 Å². The van der Waals surface area contributed by atoms with Crippen molar-refractivity contribution in [3.63, 3.8) is 0 Å². The third kappa shape index (κ3) is 2.29. The molecule has 0 spiro atoms. The van der Waals surface area contributed by atoms with E-state index in [1.807, 2.05) is 25.2 Å². The normalized spacial score (nSPS) is 19.2. The molecule has 0 aliphatic carbocycles. The van der Waals surface area contributed by atoms with E-state index >= 15 is 0 Å². The highest BCUT2D eigenvalue weighted by atomic mass is 16.5. The van der Waals surface area contributed by atoms with Crippen LogP contribution in [-0.4, -0.2) is 23.9 Å². The van der Waals surface area contributed by atoms with Crippen LogP contribution in [0.25, 0.3) is 0 Å². The van der Waals surface area contributed by atoms with Crippen molar-refractivity contribution in [2.24, 2.45) is 0 Å². The third-order valence-electron chi connectivity index (χ3n) is 3.77. The van der Waals surface area contributed by atoms with Crippen LogP contribution in [0.15, 0.2) is 28.7 Å². The van der Waals surface area contributed by atoms with Gasteiger partial charge < -0.3 is 14.5 Å². The lowest BCUT2D eigenvalue weighted by atomic mass is 9.93. The van der Waals surface area contributed by atoms with Crippen molar-refractivity contribution in [1.29, 1.82) is 0 Å². The molecule has 1 aromatic heterocycles. The summed E-state index contributed by atoms with van der Waals surface area (Å²) in [6, 6.07) is 8.17. The van der Waals surface area contributed by atoms with Gasteiger partial charge >= 0.3 is 0 Å². The summed E-state index contributed by atoms with van der Waals surface area (Å²) in [6.07, 6.45) is 1.79. The van der Waals surface area contributed by atoms with Crippen LogP contribution < -0.4 is 10.1 Å². The van der Waals surface area contributed by atoms with Crippen LogP contribution in [0.4, 0.5) is 0 Å².